The molecule has 1 unspecified atom stereocenters. The van der Waals surface area contributed by atoms with Crippen LogP contribution >= 0.6 is 15.9 Å². The first-order valence-corrected chi connectivity index (χ1v) is 9.27. The maximum atomic E-state index is 12.9. The molecule has 2 rings (SSSR count). The zero-order valence-corrected chi connectivity index (χ0v) is 14.1. The first kappa shape index (κ1) is 15.8. The number of nitrogens with zero attached hydrogens (tertiary/aromatic N) is 1. The van der Waals surface area contributed by atoms with Crippen molar-refractivity contribution >= 4 is 31.6 Å². The Balaban J connectivity index is 2.37. The van der Waals surface area contributed by atoms with E-state index in [4.69, 9.17) is 5.73 Å². The topological polar surface area (TPSA) is 63.4 Å². The van der Waals surface area contributed by atoms with Gasteiger partial charge in [0.05, 0.1) is 4.90 Å². The monoisotopic (exact) mass is 360 g/mol. The third-order valence-corrected chi connectivity index (χ3v) is 6.67. The minimum Gasteiger partial charge on any atom is -0.399 e. The predicted molar refractivity (Wildman–Crippen MR) is 85.0 cm³/mol. The van der Waals surface area contributed by atoms with Crippen LogP contribution in [0.25, 0.3) is 0 Å². The Bertz CT molecular complexity index is 573. The predicted octanol–water partition coefficient (Wildman–Crippen LogP) is 3.37. The quantitative estimate of drug-likeness (QED) is 0.837. The average molecular weight is 361 g/mol. The molecule has 1 atom stereocenters. The van der Waals surface area contributed by atoms with E-state index in [9.17, 15) is 8.42 Å². The molecule has 0 aliphatic carbocycles. The molecule has 1 heterocycles. The Morgan fingerprint density at radius 1 is 1.40 bits per heavy atom. The van der Waals surface area contributed by atoms with Crippen molar-refractivity contribution in [1.82, 2.24) is 4.31 Å². The lowest BCUT2D eigenvalue weighted by Gasteiger charge is -2.34. The van der Waals surface area contributed by atoms with Crippen molar-refractivity contribution in [2.24, 2.45) is 0 Å². The van der Waals surface area contributed by atoms with E-state index < -0.39 is 10.0 Å². The van der Waals surface area contributed by atoms with E-state index in [0.29, 0.717) is 21.6 Å². The van der Waals surface area contributed by atoms with E-state index in [0.717, 1.165) is 32.1 Å². The second-order valence-electron chi connectivity index (χ2n) is 5.24. The van der Waals surface area contributed by atoms with Gasteiger partial charge in [0.15, 0.2) is 0 Å². The molecule has 0 spiro atoms. The second kappa shape index (κ2) is 6.45. The highest BCUT2D eigenvalue weighted by Gasteiger charge is 2.33. The van der Waals surface area contributed by atoms with Crippen molar-refractivity contribution in [3.8, 4) is 0 Å². The summed E-state index contributed by atoms with van der Waals surface area (Å²) in [6.45, 7) is 2.71. The van der Waals surface area contributed by atoms with E-state index in [1.54, 1.807) is 22.5 Å². The van der Waals surface area contributed by atoms with Crippen LogP contribution in [-0.4, -0.2) is 25.3 Å². The summed E-state index contributed by atoms with van der Waals surface area (Å²) in [5.74, 6) is 0. The smallest absolute Gasteiger partial charge is 0.244 e. The molecule has 1 fully saturated rings. The van der Waals surface area contributed by atoms with Gasteiger partial charge in [-0.3, -0.25) is 0 Å². The van der Waals surface area contributed by atoms with Crippen LogP contribution in [0.2, 0.25) is 0 Å². The molecule has 2 N–H and O–H groups in total. The standard InChI is InChI=1S/C14H21BrN2O2S/c1-2-5-12-6-3-4-9-17(12)20(18,19)14-8-7-11(16)10-13(14)15/h7-8,10,12H,2-6,9,16H2,1H3. The van der Waals surface area contributed by atoms with E-state index in [2.05, 4.69) is 22.9 Å². The molecule has 0 amide bonds. The Hall–Kier alpha value is -0.590. The second-order valence-corrected chi connectivity index (χ2v) is 7.96. The minimum absolute atomic E-state index is 0.128. The SMILES string of the molecule is CCCC1CCCCN1S(=O)(=O)c1ccc(N)cc1Br. The highest BCUT2D eigenvalue weighted by atomic mass is 79.9. The highest BCUT2D eigenvalue weighted by Crippen LogP contribution is 2.32. The lowest BCUT2D eigenvalue weighted by atomic mass is 10.0. The summed E-state index contributed by atoms with van der Waals surface area (Å²) in [5, 5.41) is 0. The number of sulfonamides is 1. The summed E-state index contributed by atoms with van der Waals surface area (Å²) in [5.41, 5.74) is 6.24. The van der Waals surface area contributed by atoms with Crippen molar-refractivity contribution in [2.45, 2.75) is 50.0 Å². The minimum atomic E-state index is -3.45. The molecule has 0 bridgehead atoms. The van der Waals surface area contributed by atoms with Gasteiger partial charge in [0.1, 0.15) is 0 Å². The molecule has 1 aromatic rings. The van der Waals surface area contributed by atoms with Crippen LogP contribution in [0.15, 0.2) is 27.6 Å². The summed E-state index contributed by atoms with van der Waals surface area (Å²) in [4.78, 5) is 0.315. The van der Waals surface area contributed by atoms with Crippen LogP contribution in [0, 0.1) is 0 Å². The van der Waals surface area contributed by atoms with E-state index in [1.807, 2.05) is 0 Å². The molecule has 6 heteroatoms. The van der Waals surface area contributed by atoms with Gasteiger partial charge in [0.25, 0.3) is 0 Å². The Morgan fingerprint density at radius 2 is 2.15 bits per heavy atom. The van der Waals surface area contributed by atoms with Crippen LogP contribution < -0.4 is 5.73 Å². The summed E-state index contributed by atoms with van der Waals surface area (Å²) in [6.07, 6.45) is 4.93. The lowest BCUT2D eigenvalue weighted by molar-refractivity contribution is 0.239. The maximum Gasteiger partial charge on any atom is 0.244 e. The van der Waals surface area contributed by atoms with Gasteiger partial charge in [-0.15, -0.1) is 0 Å². The normalized spacial score (nSPS) is 21.0. The first-order valence-electron chi connectivity index (χ1n) is 7.03. The van der Waals surface area contributed by atoms with Crippen molar-refractivity contribution in [3.63, 3.8) is 0 Å². The summed E-state index contributed by atoms with van der Waals surface area (Å²) < 4.78 is 27.9. The summed E-state index contributed by atoms with van der Waals surface area (Å²) in [7, 11) is -3.45. The van der Waals surface area contributed by atoms with Gasteiger partial charge in [-0.1, -0.05) is 19.8 Å². The number of halogens is 1. The number of hydrogen-bond acceptors (Lipinski definition) is 3. The highest BCUT2D eigenvalue weighted by molar-refractivity contribution is 9.10. The van der Waals surface area contributed by atoms with Crippen molar-refractivity contribution in [3.05, 3.63) is 22.7 Å². The van der Waals surface area contributed by atoms with E-state index >= 15 is 0 Å². The molecule has 1 saturated heterocycles. The maximum absolute atomic E-state index is 12.9. The van der Waals surface area contributed by atoms with Gasteiger partial charge in [-0.05, 0) is 53.4 Å². The number of nitrogen functional groups attached to an aromatic ring is 1. The molecular formula is C14H21BrN2O2S. The zero-order valence-electron chi connectivity index (χ0n) is 11.7. The largest absolute Gasteiger partial charge is 0.399 e. The molecule has 0 saturated carbocycles. The van der Waals surface area contributed by atoms with Crippen LogP contribution in [0.5, 0.6) is 0 Å². The summed E-state index contributed by atoms with van der Waals surface area (Å²) >= 11 is 3.32. The Labute approximate surface area is 129 Å². The van der Waals surface area contributed by atoms with Crippen LogP contribution in [0.1, 0.15) is 39.0 Å². The third-order valence-electron chi connectivity index (χ3n) is 3.74. The lowest BCUT2D eigenvalue weighted by Crippen LogP contribution is -2.43. The molecule has 0 aromatic heterocycles. The third kappa shape index (κ3) is 3.18. The molecule has 20 heavy (non-hydrogen) atoms. The van der Waals surface area contributed by atoms with E-state index in [-0.39, 0.29) is 6.04 Å². The average Bonchev–Trinajstić information content (AvgIpc) is 2.39. The van der Waals surface area contributed by atoms with Crippen LogP contribution in [0.4, 0.5) is 5.69 Å². The van der Waals surface area contributed by atoms with Gasteiger partial charge < -0.3 is 5.73 Å². The van der Waals surface area contributed by atoms with Crippen molar-refractivity contribution in [1.29, 1.82) is 0 Å². The first-order chi connectivity index (χ1) is 9.46. The zero-order chi connectivity index (χ0) is 14.8. The fraction of sp³-hybridized carbons (Fsp3) is 0.571. The fourth-order valence-corrected chi connectivity index (χ4v) is 5.55. The molecule has 4 nitrogen and oxygen atoms in total. The van der Waals surface area contributed by atoms with Gasteiger partial charge in [-0.25, -0.2) is 8.42 Å². The van der Waals surface area contributed by atoms with Gasteiger partial charge >= 0.3 is 0 Å². The number of benzene rings is 1. The van der Waals surface area contributed by atoms with Gasteiger partial charge in [0.2, 0.25) is 10.0 Å². The van der Waals surface area contributed by atoms with E-state index in [1.165, 1.54) is 0 Å². The number of hydrogen-bond donors (Lipinski definition) is 1. The molecule has 112 valence electrons. The molecule has 1 aliphatic rings. The van der Waals surface area contributed by atoms with Gasteiger partial charge in [0, 0.05) is 22.7 Å². The number of anilines is 1. The molecule has 0 radical (unpaired) electrons. The Morgan fingerprint density at radius 3 is 2.80 bits per heavy atom. The molecule has 1 aromatic carbocycles. The van der Waals surface area contributed by atoms with Gasteiger partial charge in [-0.2, -0.15) is 4.31 Å². The molecule has 1 aliphatic heterocycles. The summed E-state index contributed by atoms with van der Waals surface area (Å²) in [6, 6.07) is 5.00. The number of rotatable bonds is 4. The van der Waals surface area contributed by atoms with Crippen LogP contribution in [-0.2, 0) is 10.0 Å². The Kier molecular flexibility index (Phi) is 5.09. The number of piperidine rings is 1. The molecular weight excluding hydrogens is 340 g/mol. The fourth-order valence-electron chi connectivity index (χ4n) is 2.76. The number of nitrogens with two attached hydrogens (primary N) is 1. The van der Waals surface area contributed by atoms with Crippen molar-refractivity contribution in [2.75, 3.05) is 12.3 Å². The van der Waals surface area contributed by atoms with Crippen molar-refractivity contribution < 1.29 is 8.42 Å². The van der Waals surface area contributed by atoms with Crippen LogP contribution in [0.3, 0.4) is 0 Å².